The van der Waals surface area contributed by atoms with Crippen LogP contribution in [0.15, 0.2) is 115 Å². The number of ether oxygens (including phenoxy) is 1. The van der Waals surface area contributed by atoms with Gasteiger partial charge in [-0.15, -0.1) is 0 Å². The summed E-state index contributed by atoms with van der Waals surface area (Å²) < 4.78 is 8.85. The molecule has 1 aromatic heterocycles. The van der Waals surface area contributed by atoms with Gasteiger partial charge in [0.25, 0.3) is 0 Å². The van der Waals surface area contributed by atoms with E-state index >= 15 is 0 Å². The number of rotatable bonds is 3. The summed E-state index contributed by atoms with van der Waals surface area (Å²) in [6.07, 6.45) is 0.830. The zero-order valence-corrected chi connectivity index (χ0v) is 21.0. The average Bonchev–Trinajstić information content (AvgIpc) is 3.36. The van der Waals surface area contributed by atoms with Crippen LogP contribution in [0.4, 0.5) is 0 Å². The summed E-state index contributed by atoms with van der Waals surface area (Å²) in [5, 5.41) is 4.95. The molecule has 0 bridgehead atoms. The molecular formula is C35H24N2O. The Hall–Kier alpha value is -4.89. The van der Waals surface area contributed by atoms with Gasteiger partial charge in [-0.25, -0.2) is 4.98 Å². The second kappa shape index (κ2) is 8.06. The van der Waals surface area contributed by atoms with Gasteiger partial charge in [-0.2, -0.15) is 0 Å². The molecule has 1 aliphatic heterocycles. The van der Waals surface area contributed by atoms with Gasteiger partial charge < -0.3 is 4.74 Å². The highest BCUT2D eigenvalue weighted by Gasteiger charge is 2.28. The molecule has 3 heteroatoms. The molecule has 8 rings (SSSR count). The highest BCUT2D eigenvalue weighted by Crippen LogP contribution is 2.50. The number of para-hydroxylation sites is 2. The molecule has 0 N–H and O–H groups in total. The first-order valence-corrected chi connectivity index (χ1v) is 13.1. The molecule has 0 radical (unpaired) electrons. The Labute approximate surface area is 220 Å². The fourth-order valence-electron chi connectivity index (χ4n) is 6.19. The maximum absolute atomic E-state index is 6.53. The van der Waals surface area contributed by atoms with E-state index in [1.165, 1.54) is 38.2 Å². The topological polar surface area (TPSA) is 27.1 Å². The maximum Gasteiger partial charge on any atom is 0.153 e. The Morgan fingerprint density at radius 1 is 0.605 bits per heavy atom. The van der Waals surface area contributed by atoms with Crippen molar-refractivity contribution >= 4 is 32.6 Å². The molecule has 2 heterocycles. The third-order valence-electron chi connectivity index (χ3n) is 7.73. The van der Waals surface area contributed by atoms with Crippen LogP contribution in [0.5, 0.6) is 11.5 Å². The van der Waals surface area contributed by atoms with Crippen molar-refractivity contribution in [1.29, 1.82) is 0 Å². The van der Waals surface area contributed by atoms with Crippen molar-refractivity contribution in [3.8, 4) is 39.4 Å². The first-order valence-electron chi connectivity index (χ1n) is 13.1. The number of benzene rings is 6. The summed E-state index contributed by atoms with van der Waals surface area (Å²) in [7, 11) is 0. The van der Waals surface area contributed by atoms with Gasteiger partial charge in [0, 0.05) is 12.0 Å². The second-order valence-electron chi connectivity index (χ2n) is 9.80. The number of imidazole rings is 1. The third-order valence-corrected chi connectivity index (χ3v) is 7.73. The molecule has 0 aliphatic carbocycles. The lowest BCUT2D eigenvalue weighted by atomic mass is 9.85. The molecule has 0 unspecified atom stereocenters. The van der Waals surface area contributed by atoms with E-state index in [1.54, 1.807) is 0 Å². The number of nitrogens with zero attached hydrogens (tertiary/aromatic N) is 2. The van der Waals surface area contributed by atoms with Crippen molar-refractivity contribution in [2.45, 2.75) is 13.3 Å². The van der Waals surface area contributed by atoms with Gasteiger partial charge in [0.15, 0.2) is 11.5 Å². The molecule has 180 valence electrons. The highest BCUT2D eigenvalue weighted by molar-refractivity contribution is 6.22. The van der Waals surface area contributed by atoms with Gasteiger partial charge in [-0.05, 0) is 56.4 Å². The first kappa shape index (κ1) is 21.2. The zero-order valence-electron chi connectivity index (χ0n) is 21.0. The lowest BCUT2D eigenvalue weighted by molar-refractivity contribution is 0.474. The molecule has 7 aromatic rings. The maximum atomic E-state index is 6.53. The predicted molar refractivity (Wildman–Crippen MR) is 156 cm³/mol. The van der Waals surface area contributed by atoms with Crippen molar-refractivity contribution in [2.24, 2.45) is 0 Å². The van der Waals surface area contributed by atoms with Crippen LogP contribution in [0.25, 0.3) is 60.5 Å². The lowest BCUT2D eigenvalue weighted by Crippen LogP contribution is -2.09. The minimum absolute atomic E-state index is 0.830. The van der Waals surface area contributed by atoms with E-state index in [1.807, 2.05) is 12.1 Å². The van der Waals surface area contributed by atoms with Crippen LogP contribution in [-0.2, 0) is 6.42 Å². The lowest BCUT2D eigenvalue weighted by Gasteiger charge is -2.25. The normalized spacial score (nSPS) is 12.1. The van der Waals surface area contributed by atoms with E-state index in [0.717, 1.165) is 46.0 Å². The Balaban J connectivity index is 1.55. The minimum atomic E-state index is 0.830. The molecule has 0 amide bonds. The van der Waals surface area contributed by atoms with E-state index in [2.05, 4.69) is 115 Å². The molecule has 6 aromatic carbocycles. The summed E-state index contributed by atoms with van der Waals surface area (Å²) in [6.45, 7) is 2.17. The van der Waals surface area contributed by atoms with Crippen LogP contribution in [0.1, 0.15) is 12.7 Å². The number of aromatic nitrogens is 2. The number of aryl methyl sites for hydroxylation is 1. The Kier molecular flexibility index (Phi) is 4.50. The average molecular weight is 489 g/mol. The van der Waals surface area contributed by atoms with Gasteiger partial charge in [-0.1, -0.05) is 104 Å². The minimum Gasteiger partial charge on any atom is -0.453 e. The largest absolute Gasteiger partial charge is 0.453 e. The summed E-state index contributed by atoms with van der Waals surface area (Å²) in [5.41, 5.74) is 7.94. The monoisotopic (exact) mass is 488 g/mol. The molecular weight excluding hydrogens is 464 g/mol. The molecule has 0 saturated heterocycles. The zero-order chi connectivity index (χ0) is 25.2. The summed E-state index contributed by atoms with van der Waals surface area (Å²) in [5.74, 6) is 2.75. The van der Waals surface area contributed by atoms with Crippen molar-refractivity contribution in [3.63, 3.8) is 0 Å². The van der Waals surface area contributed by atoms with Gasteiger partial charge >= 0.3 is 0 Å². The fraction of sp³-hybridized carbons (Fsp3) is 0.0571. The quantitative estimate of drug-likeness (QED) is 0.232. The van der Waals surface area contributed by atoms with Crippen LogP contribution < -0.4 is 4.74 Å². The van der Waals surface area contributed by atoms with Crippen LogP contribution in [-0.4, -0.2) is 9.55 Å². The van der Waals surface area contributed by atoms with Crippen LogP contribution >= 0.6 is 0 Å². The third kappa shape index (κ3) is 2.87. The van der Waals surface area contributed by atoms with Gasteiger partial charge in [0.1, 0.15) is 11.3 Å². The van der Waals surface area contributed by atoms with Crippen molar-refractivity contribution in [2.75, 3.05) is 0 Å². The van der Waals surface area contributed by atoms with E-state index in [9.17, 15) is 0 Å². The highest BCUT2D eigenvalue weighted by atomic mass is 16.5. The number of hydrogen-bond donors (Lipinski definition) is 0. The Morgan fingerprint density at radius 3 is 1.89 bits per heavy atom. The standard InChI is InChI=1S/C35H24N2O/c1-2-31-36-28-19-11-21-30-35(28)37(31)34-27(18-10-20-29(34)38-30)33-25-16-8-6-14-23(25)32(22-12-4-3-5-13-22)24-15-7-9-17-26(24)33/h3-21H,2H2,1H3. The SMILES string of the molecule is CCc1nc2cccc3c2n1-c1c(cccc1-c1c2ccccc2c(-c2ccccc2)c2ccccc12)O3. The molecule has 1 aliphatic rings. The smallest absolute Gasteiger partial charge is 0.153 e. The van der Waals surface area contributed by atoms with Gasteiger partial charge in [0.2, 0.25) is 0 Å². The van der Waals surface area contributed by atoms with Crippen LogP contribution in [0.2, 0.25) is 0 Å². The Morgan fingerprint density at radius 2 is 1.21 bits per heavy atom. The second-order valence-corrected chi connectivity index (χ2v) is 9.80. The van der Waals surface area contributed by atoms with Crippen LogP contribution in [0.3, 0.4) is 0 Å². The molecule has 0 atom stereocenters. The summed E-state index contributed by atoms with van der Waals surface area (Å²) in [4.78, 5) is 5.00. The van der Waals surface area contributed by atoms with E-state index in [4.69, 9.17) is 9.72 Å². The van der Waals surface area contributed by atoms with Crippen molar-refractivity contribution in [1.82, 2.24) is 9.55 Å². The van der Waals surface area contributed by atoms with Gasteiger partial charge in [0.05, 0.1) is 11.2 Å². The Bertz CT molecular complexity index is 1980. The molecule has 0 fully saturated rings. The summed E-state index contributed by atoms with van der Waals surface area (Å²) in [6, 6.07) is 40.8. The summed E-state index contributed by atoms with van der Waals surface area (Å²) >= 11 is 0. The van der Waals surface area contributed by atoms with Crippen molar-refractivity contribution in [3.05, 3.63) is 121 Å². The van der Waals surface area contributed by atoms with E-state index < -0.39 is 0 Å². The molecule has 3 nitrogen and oxygen atoms in total. The molecule has 0 spiro atoms. The van der Waals surface area contributed by atoms with E-state index in [0.29, 0.717) is 0 Å². The fourth-order valence-corrected chi connectivity index (χ4v) is 6.19. The van der Waals surface area contributed by atoms with Gasteiger partial charge in [-0.3, -0.25) is 4.57 Å². The van der Waals surface area contributed by atoms with Crippen LogP contribution in [0, 0.1) is 0 Å². The predicted octanol–water partition coefficient (Wildman–Crippen LogP) is 9.33. The number of fused-ring (bicyclic) bond motifs is 4. The first-order chi connectivity index (χ1) is 18.8. The van der Waals surface area contributed by atoms with Crippen molar-refractivity contribution < 1.29 is 4.74 Å². The molecule has 0 saturated carbocycles. The molecule has 38 heavy (non-hydrogen) atoms. The van der Waals surface area contributed by atoms with E-state index in [-0.39, 0.29) is 0 Å². The number of hydrogen-bond acceptors (Lipinski definition) is 2.